The summed E-state index contributed by atoms with van der Waals surface area (Å²) in [5, 5.41) is 2.00. The van der Waals surface area contributed by atoms with Gasteiger partial charge in [0.15, 0.2) is 0 Å². The molecule has 5 aromatic rings. The topological polar surface area (TPSA) is 54.0 Å². The average molecular weight is 612 g/mol. The number of rotatable bonds is 11. The number of methoxy groups -OCH3 is 1. The van der Waals surface area contributed by atoms with Gasteiger partial charge in [-0.1, -0.05) is 54.6 Å². The molecule has 0 unspecified atom stereocenters. The van der Waals surface area contributed by atoms with Crippen LogP contribution in [0.2, 0.25) is 0 Å². The molecule has 41 heavy (non-hydrogen) atoms. The minimum atomic E-state index is -0.430. The third-order valence-corrected chi connectivity index (χ3v) is 7.51. The van der Waals surface area contributed by atoms with E-state index in [2.05, 4.69) is 64.5 Å². The van der Waals surface area contributed by atoms with Gasteiger partial charge in [0.1, 0.15) is 17.2 Å². The van der Waals surface area contributed by atoms with Crippen LogP contribution in [0, 0.1) is 0 Å². The van der Waals surface area contributed by atoms with Crippen molar-refractivity contribution in [2.75, 3.05) is 26.9 Å². The second kappa shape index (κ2) is 13.5. The molecular weight excluding hydrogens is 580 g/mol. The number of hydrogen-bond donors (Lipinski definition) is 0. The minimum absolute atomic E-state index is 0.430. The molecule has 6 heteroatoms. The summed E-state index contributed by atoms with van der Waals surface area (Å²) in [4.78, 5) is 12.8. The monoisotopic (exact) mass is 610 g/mol. The molecule has 0 radical (unpaired) electrons. The van der Waals surface area contributed by atoms with Gasteiger partial charge in [-0.15, -0.1) is 0 Å². The van der Waals surface area contributed by atoms with Crippen LogP contribution < -0.4 is 14.2 Å². The van der Waals surface area contributed by atoms with Crippen molar-refractivity contribution in [3.05, 3.63) is 113 Å². The summed E-state index contributed by atoms with van der Waals surface area (Å²) in [6, 6.07) is 33.7. The molecule has 0 bridgehead atoms. The maximum absolute atomic E-state index is 12.8. The number of halogens is 1. The van der Waals surface area contributed by atoms with Gasteiger partial charge in [0.25, 0.3) is 0 Å². The van der Waals surface area contributed by atoms with Crippen LogP contribution in [0.25, 0.3) is 33.0 Å². The molecule has 0 N–H and O–H groups in total. The number of ether oxygens (including phenoxy) is 4. The Morgan fingerprint density at radius 2 is 1.27 bits per heavy atom. The van der Waals surface area contributed by atoms with Crippen LogP contribution in [0.15, 0.2) is 108 Å². The van der Waals surface area contributed by atoms with Gasteiger partial charge in [-0.05, 0) is 104 Å². The van der Waals surface area contributed by atoms with E-state index in [1.807, 2.05) is 37.3 Å². The van der Waals surface area contributed by atoms with E-state index in [-0.39, 0.29) is 0 Å². The van der Waals surface area contributed by atoms with E-state index >= 15 is 0 Å². The first-order valence-electron chi connectivity index (χ1n) is 13.6. The second-order valence-electron chi connectivity index (χ2n) is 9.46. The molecule has 0 spiro atoms. The highest BCUT2D eigenvalue weighted by molar-refractivity contribution is 9.10. The average Bonchev–Trinajstić information content (AvgIpc) is 3.01. The Morgan fingerprint density at radius 1 is 0.683 bits per heavy atom. The van der Waals surface area contributed by atoms with E-state index in [1.54, 1.807) is 31.4 Å². The Labute approximate surface area is 248 Å². The molecule has 0 saturated carbocycles. The Bertz CT molecular complexity index is 1610. The highest BCUT2D eigenvalue weighted by Crippen LogP contribution is 2.36. The molecule has 208 valence electrons. The van der Waals surface area contributed by atoms with Gasteiger partial charge in [-0.25, -0.2) is 4.79 Å². The van der Waals surface area contributed by atoms with Crippen LogP contribution in [0.4, 0.5) is 0 Å². The zero-order valence-electron chi connectivity index (χ0n) is 23.1. The fourth-order valence-corrected chi connectivity index (χ4v) is 5.11. The summed E-state index contributed by atoms with van der Waals surface area (Å²) in [6.45, 7) is 3.84. The lowest BCUT2D eigenvalue weighted by molar-refractivity contribution is 0.0734. The Balaban J connectivity index is 1.27. The predicted molar refractivity (Wildman–Crippen MR) is 167 cm³/mol. The maximum Gasteiger partial charge on any atom is 0.343 e. The predicted octanol–water partition coefficient (Wildman–Crippen LogP) is 8.97. The summed E-state index contributed by atoms with van der Waals surface area (Å²) in [7, 11) is 1.66. The smallest absolute Gasteiger partial charge is 0.343 e. The molecule has 0 heterocycles. The molecule has 0 fully saturated rings. The summed E-state index contributed by atoms with van der Waals surface area (Å²) in [5.74, 6) is 1.61. The van der Waals surface area contributed by atoms with Gasteiger partial charge in [0, 0.05) is 20.1 Å². The van der Waals surface area contributed by atoms with Crippen molar-refractivity contribution in [1.29, 1.82) is 0 Å². The van der Waals surface area contributed by atoms with Crippen LogP contribution in [0.3, 0.4) is 0 Å². The molecule has 0 aliphatic rings. The summed E-state index contributed by atoms with van der Waals surface area (Å²) >= 11 is 3.65. The van der Waals surface area contributed by atoms with Gasteiger partial charge in [-0.2, -0.15) is 0 Å². The Kier molecular flexibility index (Phi) is 9.34. The van der Waals surface area contributed by atoms with Gasteiger partial charge >= 0.3 is 5.97 Å². The molecule has 5 aromatic carbocycles. The molecule has 5 rings (SSSR count). The lowest BCUT2D eigenvalue weighted by Gasteiger charge is -2.11. The molecule has 5 nitrogen and oxygen atoms in total. The minimum Gasteiger partial charge on any atom is -0.494 e. The zero-order chi connectivity index (χ0) is 28.6. The quantitative estimate of drug-likeness (QED) is 0.0848. The first kappa shape index (κ1) is 28.4. The van der Waals surface area contributed by atoms with Crippen molar-refractivity contribution in [2.24, 2.45) is 0 Å². The fourth-order valence-electron chi connectivity index (χ4n) is 4.53. The molecular formula is C35H31BrO5. The summed E-state index contributed by atoms with van der Waals surface area (Å²) < 4.78 is 22.7. The van der Waals surface area contributed by atoms with Crippen molar-refractivity contribution in [3.63, 3.8) is 0 Å². The number of benzene rings is 5. The van der Waals surface area contributed by atoms with E-state index in [0.29, 0.717) is 36.9 Å². The Hall–Kier alpha value is -4.13. The molecule has 0 aliphatic carbocycles. The van der Waals surface area contributed by atoms with Crippen molar-refractivity contribution < 1.29 is 23.7 Å². The van der Waals surface area contributed by atoms with E-state index < -0.39 is 5.97 Å². The van der Waals surface area contributed by atoms with Crippen LogP contribution in [-0.4, -0.2) is 32.9 Å². The zero-order valence-corrected chi connectivity index (χ0v) is 24.6. The van der Waals surface area contributed by atoms with Crippen LogP contribution in [-0.2, 0) is 4.74 Å². The van der Waals surface area contributed by atoms with Crippen LogP contribution >= 0.6 is 15.9 Å². The van der Waals surface area contributed by atoms with Crippen molar-refractivity contribution in [2.45, 2.75) is 13.3 Å². The third-order valence-electron chi connectivity index (χ3n) is 6.69. The van der Waals surface area contributed by atoms with Gasteiger partial charge in [-0.3, -0.25) is 0 Å². The van der Waals surface area contributed by atoms with Gasteiger partial charge in [0.2, 0.25) is 0 Å². The fraction of sp³-hybridized carbons (Fsp3) is 0.171. The van der Waals surface area contributed by atoms with E-state index in [4.69, 9.17) is 18.9 Å². The lowest BCUT2D eigenvalue weighted by Crippen LogP contribution is -2.09. The van der Waals surface area contributed by atoms with E-state index in [0.717, 1.165) is 49.7 Å². The number of carbonyl (C=O) groups excluding carboxylic acids is 1. The molecule has 0 saturated heterocycles. The van der Waals surface area contributed by atoms with E-state index in [9.17, 15) is 4.79 Å². The largest absolute Gasteiger partial charge is 0.494 e. The highest BCUT2D eigenvalue weighted by atomic mass is 79.9. The van der Waals surface area contributed by atoms with E-state index in [1.165, 1.54) is 0 Å². The van der Waals surface area contributed by atoms with Crippen molar-refractivity contribution >= 4 is 32.7 Å². The number of esters is 1. The van der Waals surface area contributed by atoms with Crippen LogP contribution in [0.1, 0.15) is 23.7 Å². The number of carbonyl (C=O) groups is 1. The SMILES string of the molecule is CCOc1ccc(-c2ccc(-c3ccc4c(Br)c(OC(=O)c5ccc(OCCCOC)cc5)ccc4c3)cc2)cc1. The van der Waals surface area contributed by atoms with Gasteiger partial charge < -0.3 is 18.9 Å². The summed E-state index contributed by atoms with van der Waals surface area (Å²) in [5.41, 5.74) is 4.98. The molecule has 0 amide bonds. The summed E-state index contributed by atoms with van der Waals surface area (Å²) in [6.07, 6.45) is 0.800. The van der Waals surface area contributed by atoms with Crippen LogP contribution in [0.5, 0.6) is 17.2 Å². The van der Waals surface area contributed by atoms with Gasteiger partial charge in [0.05, 0.1) is 23.2 Å². The van der Waals surface area contributed by atoms with Crippen molar-refractivity contribution in [3.8, 4) is 39.5 Å². The lowest BCUT2D eigenvalue weighted by atomic mass is 9.98. The standard InChI is InChI=1S/C35H31BrO5/c1-3-39-30-15-9-25(10-16-30)24-5-7-26(8-6-24)28-13-19-32-29(23-28)14-20-33(34(32)36)41-35(37)27-11-17-31(18-12-27)40-22-4-21-38-2/h5-20,23H,3-4,21-22H2,1-2H3. The van der Waals surface area contributed by atoms with Crippen molar-refractivity contribution in [1.82, 2.24) is 0 Å². The first-order chi connectivity index (χ1) is 20.1. The molecule has 0 atom stereocenters. The second-order valence-corrected chi connectivity index (χ2v) is 10.3. The normalized spacial score (nSPS) is 10.9. The number of fused-ring (bicyclic) bond motifs is 1. The first-order valence-corrected chi connectivity index (χ1v) is 14.3. The maximum atomic E-state index is 12.8. The number of hydrogen-bond acceptors (Lipinski definition) is 5. The highest BCUT2D eigenvalue weighted by Gasteiger charge is 2.14. The third kappa shape index (κ3) is 6.96. The Morgan fingerprint density at radius 3 is 1.93 bits per heavy atom. The molecule has 0 aromatic heterocycles. The molecule has 0 aliphatic heterocycles.